The van der Waals surface area contributed by atoms with Gasteiger partial charge >= 0.3 is 6.18 Å². The average Bonchev–Trinajstić information content (AvgIpc) is 2.93. The Morgan fingerprint density at radius 1 is 1.25 bits per heavy atom. The fourth-order valence-corrected chi connectivity index (χ4v) is 2.95. The molecule has 0 aliphatic rings. The number of halogens is 3. The molecule has 3 aromatic rings. The molecule has 126 valence electrons. The first kappa shape index (κ1) is 16.7. The van der Waals surface area contributed by atoms with Crippen molar-refractivity contribution >= 4 is 22.7 Å². The van der Waals surface area contributed by atoms with Crippen LogP contribution in [0.25, 0.3) is 11.0 Å². The van der Waals surface area contributed by atoms with Crippen molar-refractivity contribution in [3.8, 4) is 0 Å². The maximum absolute atomic E-state index is 12.6. The van der Waals surface area contributed by atoms with Crippen molar-refractivity contribution in [1.82, 2.24) is 15.0 Å². The van der Waals surface area contributed by atoms with Crippen molar-refractivity contribution in [2.45, 2.75) is 24.2 Å². The summed E-state index contributed by atoms with van der Waals surface area (Å²) in [5.41, 5.74) is 7.41. The highest BCUT2D eigenvalue weighted by Crippen LogP contribution is 2.30. The molecule has 0 radical (unpaired) electrons. The lowest BCUT2D eigenvalue weighted by Gasteiger charge is -2.11. The Hall–Kier alpha value is -2.13. The lowest BCUT2D eigenvalue weighted by atomic mass is 10.1. The third kappa shape index (κ3) is 3.51. The van der Waals surface area contributed by atoms with Crippen LogP contribution in [0.5, 0.6) is 0 Å². The van der Waals surface area contributed by atoms with E-state index in [1.54, 1.807) is 12.5 Å². The predicted octanol–water partition coefficient (Wildman–Crippen LogP) is 3.74. The third-order valence-corrected chi connectivity index (χ3v) is 4.44. The van der Waals surface area contributed by atoms with Crippen LogP contribution in [0.2, 0.25) is 0 Å². The largest absolute Gasteiger partial charge is 0.462 e. The van der Waals surface area contributed by atoms with Crippen LogP contribution >= 0.6 is 11.8 Å². The molecule has 9 heteroatoms. The summed E-state index contributed by atoms with van der Waals surface area (Å²) in [7, 11) is 0. The first-order valence-electron chi connectivity index (χ1n) is 6.96. The van der Waals surface area contributed by atoms with E-state index >= 15 is 0 Å². The molecule has 0 saturated carbocycles. The Morgan fingerprint density at radius 3 is 2.79 bits per heavy atom. The second-order valence-electron chi connectivity index (χ2n) is 5.18. The molecule has 5 nitrogen and oxygen atoms in total. The minimum atomic E-state index is -4.49. The van der Waals surface area contributed by atoms with Crippen LogP contribution in [0.3, 0.4) is 0 Å². The molecule has 0 fully saturated rings. The quantitative estimate of drug-likeness (QED) is 0.568. The molecule has 0 aliphatic heterocycles. The van der Waals surface area contributed by atoms with Crippen LogP contribution in [0.4, 0.5) is 13.2 Å². The van der Waals surface area contributed by atoms with Crippen molar-refractivity contribution in [3.63, 3.8) is 0 Å². The number of fused-ring (bicyclic) bond motifs is 1. The molecule has 0 amide bonds. The van der Waals surface area contributed by atoms with E-state index in [9.17, 15) is 13.2 Å². The van der Waals surface area contributed by atoms with Crippen molar-refractivity contribution in [3.05, 3.63) is 47.9 Å². The Balaban J connectivity index is 1.72. The molecule has 0 aliphatic carbocycles. The molecular weight excluding hydrogens is 341 g/mol. The third-order valence-electron chi connectivity index (χ3n) is 3.40. The number of alkyl halides is 3. The van der Waals surface area contributed by atoms with Gasteiger partial charge in [-0.1, -0.05) is 0 Å². The van der Waals surface area contributed by atoms with Crippen molar-refractivity contribution in [2.24, 2.45) is 5.73 Å². The fourth-order valence-electron chi connectivity index (χ4n) is 2.11. The molecule has 24 heavy (non-hydrogen) atoms. The van der Waals surface area contributed by atoms with Crippen LogP contribution in [0.15, 0.2) is 40.4 Å². The van der Waals surface area contributed by atoms with Gasteiger partial charge in [0.05, 0.1) is 24.2 Å². The van der Waals surface area contributed by atoms with Gasteiger partial charge in [0.15, 0.2) is 5.58 Å². The maximum atomic E-state index is 12.6. The fraction of sp³-hybridized carbons (Fsp3) is 0.267. The monoisotopic (exact) mass is 354 g/mol. The van der Waals surface area contributed by atoms with Crippen molar-refractivity contribution < 1.29 is 17.6 Å². The number of rotatable bonds is 4. The van der Waals surface area contributed by atoms with Gasteiger partial charge in [0.25, 0.3) is 0 Å². The van der Waals surface area contributed by atoms with Gasteiger partial charge in [-0.05, 0) is 18.6 Å². The van der Waals surface area contributed by atoms with E-state index in [1.807, 2.05) is 13.0 Å². The SMILES string of the molecule is Cc1coc2cnc(C(N)CSc3cc(C(F)(F)F)ncn3)cc12. The Bertz CT molecular complexity index is 865. The molecule has 3 rings (SSSR count). The summed E-state index contributed by atoms with van der Waals surface area (Å²) in [6.45, 7) is 1.91. The van der Waals surface area contributed by atoms with E-state index in [0.29, 0.717) is 17.0 Å². The predicted molar refractivity (Wildman–Crippen MR) is 83.4 cm³/mol. The second kappa shape index (κ2) is 6.40. The van der Waals surface area contributed by atoms with E-state index in [-0.39, 0.29) is 5.03 Å². The van der Waals surface area contributed by atoms with Crippen molar-refractivity contribution in [2.75, 3.05) is 5.75 Å². The number of nitrogens with two attached hydrogens (primary N) is 1. The number of hydrogen-bond acceptors (Lipinski definition) is 6. The van der Waals surface area contributed by atoms with E-state index in [0.717, 1.165) is 35.1 Å². The second-order valence-corrected chi connectivity index (χ2v) is 6.22. The Labute approximate surface area is 139 Å². The molecular formula is C15H13F3N4OS. The van der Waals surface area contributed by atoms with Crippen LogP contribution in [-0.4, -0.2) is 20.7 Å². The van der Waals surface area contributed by atoms with Crippen LogP contribution in [0.1, 0.15) is 23.0 Å². The van der Waals surface area contributed by atoms with E-state index < -0.39 is 17.9 Å². The molecule has 3 heterocycles. The summed E-state index contributed by atoms with van der Waals surface area (Å²) in [4.78, 5) is 11.3. The molecule has 2 N–H and O–H groups in total. The van der Waals surface area contributed by atoms with Gasteiger partial charge in [0.1, 0.15) is 17.0 Å². The molecule has 0 spiro atoms. The molecule has 1 unspecified atom stereocenters. The van der Waals surface area contributed by atoms with Gasteiger partial charge in [0, 0.05) is 17.2 Å². The molecule has 3 aromatic heterocycles. The van der Waals surface area contributed by atoms with Gasteiger partial charge in [0.2, 0.25) is 0 Å². The first-order chi connectivity index (χ1) is 11.3. The van der Waals surface area contributed by atoms with E-state index in [2.05, 4.69) is 15.0 Å². The standard InChI is InChI=1S/C15H13F3N4OS/c1-8-5-23-12-4-20-11(2-9(8)12)10(19)6-24-14-3-13(15(16,17)18)21-7-22-14/h2-5,7,10H,6,19H2,1H3. The van der Waals surface area contributed by atoms with Gasteiger partial charge in [-0.2, -0.15) is 13.2 Å². The zero-order chi connectivity index (χ0) is 17.3. The average molecular weight is 354 g/mol. The minimum absolute atomic E-state index is 0.216. The smallest absolute Gasteiger partial charge is 0.433 e. The zero-order valence-corrected chi connectivity index (χ0v) is 13.4. The highest BCUT2D eigenvalue weighted by Gasteiger charge is 2.32. The number of hydrogen-bond donors (Lipinski definition) is 1. The Kier molecular flexibility index (Phi) is 4.46. The number of aryl methyl sites for hydroxylation is 1. The highest BCUT2D eigenvalue weighted by atomic mass is 32.2. The zero-order valence-electron chi connectivity index (χ0n) is 12.5. The van der Waals surface area contributed by atoms with Crippen LogP contribution in [0, 0.1) is 6.92 Å². The summed E-state index contributed by atoms with van der Waals surface area (Å²) in [5, 5.41) is 1.13. The number of aromatic nitrogens is 3. The van der Waals surface area contributed by atoms with Crippen LogP contribution in [-0.2, 0) is 6.18 Å². The molecule has 0 aromatic carbocycles. The number of furan rings is 1. The summed E-state index contributed by atoms with van der Waals surface area (Å²) in [6, 6.07) is 2.30. The van der Waals surface area contributed by atoms with E-state index in [4.69, 9.17) is 10.2 Å². The first-order valence-corrected chi connectivity index (χ1v) is 7.94. The highest BCUT2D eigenvalue weighted by molar-refractivity contribution is 7.99. The lowest BCUT2D eigenvalue weighted by molar-refractivity contribution is -0.141. The van der Waals surface area contributed by atoms with Crippen LogP contribution < -0.4 is 5.73 Å². The number of pyridine rings is 1. The number of nitrogens with zero attached hydrogens (tertiary/aromatic N) is 3. The van der Waals surface area contributed by atoms with Gasteiger partial charge in [-0.15, -0.1) is 11.8 Å². The molecule has 0 saturated heterocycles. The summed E-state index contributed by atoms with van der Waals surface area (Å²) < 4.78 is 43.3. The summed E-state index contributed by atoms with van der Waals surface area (Å²) in [6.07, 6.45) is -0.369. The minimum Gasteiger partial charge on any atom is -0.462 e. The van der Waals surface area contributed by atoms with Gasteiger partial charge < -0.3 is 10.2 Å². The normalized spacial score (nSPS) is 13.4. The lowest BCUT2D eigenvalue weighted by Crippen LogP contribution is -2.15. The molecule has 0 bridgehead atoms. The molecule has 1 atom stereocenters. The Morgan fingerprint density at radius 2 is 2.04 bits per heavy atom. The van der Waals surface area contributed by atoms with Gasteiger partial charge in [-0.25, -0.2) is 9.97 Å². The van der Waals surface area contributed by atoms with E-state index in [1.165, 1.54) is 0 Å². The topological polar surface area (TPSA) is 77.8 Å². The summed E-state index contributed by atoms with van der Waals surface area (Å²) in [5.74, 6) is 0.337. The van der Waals surface area contributed by atoms with Crippen molar-refractivity contribution in [1.29, 1.82) is 0 Å². The maximum Gasteiger partial charge on any atom is 0.433 e. The summed E-state index contributed by atoms with van der Waals surface area (Å²) >= 11 is 1.13. The number of thioether (sulfide) groups is 1. The van der Waals surface area contributed by atoms with Gasteiger partial charge in [-0.3, -0.25) is 4.98 Å².